The first-order valence-corrected chi connectivity index (χ1v) is 9.20. The molecule has 2 fully saturated rings. The first-order valence-electron chi connectivity index (χ1n) is 9.20. The third kappa shape index (κ3) is 3.44. The van der Waals surface area contributed by atoms with E-state index in [0.29, 0.717) is 12.5 Å². The number of hydrogen-bond donors (Lipinski definition) is 2. The number of nitrogens with one attached hydrogen (secondary N) is 1. The van der Waals surface area contributed by atoms with Gasteiger partial charge in [0.2, 0.25) is 5.91 Å². The van der Waals surface area contributed by atoms with Gasteiger partial charge in [-0.1, -0.05) is 18.6 Å². The Morgan fingerprint density at radius 2 is 2.29 bits per heavy atom. The van der Waals surface area contributed by atoms with Crippen LogP contribution in [0.15, 0.2) is 24.3 Å². The van der Waals surface area contributed by atoms with Gasteiger partial charge in [-0.15, -0.1) is 0 Å². The number of methoxy groups -OCH3 is 1. The van der Waals surface area contributed by atoms with E-state index in [9.17, 15) is 4.79 Å². The Morgan fingerprint density at radius 3 is 2.92 bits per heavy atom. The fourth-order valence-electron chi connectivity index (χ4n) is 4.75. The molecule has 0 heterocycles. The van der Waals surface area contributed by atoms with Crippen molar-refractivity contribution in [3.8, 4) is 5.75 Å². The van der Waals surface area contributed by atoms with E-state index in [2.05, 4.69) is 17.4 Å². The van der Waals surface area contributed by atoms with Crippen molar-refractivity contribution in [1.29, 1.82) is 0 Å². The highest BCUT2D eigenvalue weighted by atomic mass is 16.5. The molecule has 0 spiro atoms. The van der Waals surface area contributed by atoms with Crippen molar-refractivity contribution in [2.45, 2.75) is 51.5 Å². The van der Waals surface area contributed by atoms with Gasteiger partial charge in [0.1, 0.15) is 5.75 Å². The topological polar surface area (TPSA) is 64.3 Å². The summed E-state index contributed by atoms with van der Waals surface area (Å²) in [5, 5.41) is 3.18. The largest absolute Gasteiger partial charge is 0.497 e. The quantitative estimate of drug-likeness (QED) is 0.808. The minimum absolute atomic E-state index is 0.125. The van der Waals surface area contributed by atoms with Crippen LogP contribution in [0.2, 0.25) is 0 Å². The van der Waals surface area contributed by atoms with Crippen LogP contribution in [-0.4, -0.2) is 25.6 Å². The smallest absolute Gasteiger partial charge is 0.226 e. The van der Waals surface area contributed by atoms with E-state index in [-0.39, 0.29) is 17.4 Å². The van der Waals surface area contributed by atoms with Gasteiger partial charge in [0, 0.05) is 12.6 Å². The fourth-order valence-corrected chi connectivity index (χ4v) is 4.75. The summed E-state index contributed by atoms with van der Waals surface area (Å²) >= 11 is 0. The molecular formula is C20H30N2O2. The molecule has 132 valence electrons. The Kier molecular flexibility index (Phi) is 5.14. The summed E-state index contributed by atoms with van der Waals surface area (Å²) in [6.07, 6.45) is 6.36. The standard InChI is InChI=1S/C20H30N2O2/c1-14(21)8-9-22-19(23)20(13-16-6-7-17(20)10-16)12-15-4-3-5-18(11-15)24-2/h3-5,11,14,16-17H,6-10,12-13,21H2,1-2H3,(H,22,23). The molecule has 2 aliphatic carbocycles. The van der Waals surface area contributed by atoms with Gasteiger partial charge in [0.05, 0.1) is 12.5 Å². The molecule has 2 bridgehead atoms. The molecule has 1 aromatic rings. The second kappa shape index (κ2) is 7.14. The highest BCUT2D eigenvalue weighted by Gasteiger charge is 2.55. The highest BCUT2D eigenvalue weighted by Crippen LogP contribution is 2.57. The van der Waals surface area contributed by atoms with Gasteiger partial charge in [0.15, 0.2) is 0 Å². The molecule has 2 saturated carbocycles. The second-order valence-electron chi connectivity index (χ2n) is 7.79. The van der Waals surface area contributed by atoms with Crippen LogP contribution in [0.25, 0.3) is 0 Å². The molecule has 4 unspecified atom stereocenters. The average Bonchev–Trinajstić information content (AvgIpc) is 3.16. The van der Waals surface area contributed by atoms with Crippen LogP contribution in [-0.2, 0) is 11.2 Å². The molecule has 4 nitrogen and oxygen atoms in total. The summed E-state index contributed by atoms with van der Waals surface area (Å²) in [6, 6.07) is 8.29. The van der Waals surface area contributed by atoms with Crippen molar-refractivity contribution in [3.63, 3.8) is 0 Å². The lowest BCUT2D eigenvalue weighted by Crippen LogP contribution is -2.46. The van der Waals surface area contributed by atoms with Gasteiger partial charge in [-0.25, -0.2) is 0 Å². The lowest BCUT2D eigenvalue weighted by atomic mass is 9.68. The molecule has 1 amide bonds. The fraction of sp³-hybridized carbons (Fsp3) is 0.650. The summed E-state index contributed by atoms with van der Waals surface area (Å²) in [6.45, 7) is 2.66. The van der Waals surface area contributed by atoms with Gasteiger partial charge >= 0.3 is 0 Å². The number of hydrogen-bond acceptors (Lipinski definition) is 3. The lowest BCUT2D eigenvalue weighted by molar-refractivity contribution is -0.134. The number of fused-ring (bicyclic) bond motifs is 2. The van der Waals surface area contributed by atoms with Gasteiger partial charge < -0.3 is 15.8 Å². The van der Waals surface area contributed by atoms with Crippen molar-refractivity contribution < 1.29 is 9.53 Å². The number of benzene rings is 1. The third-order valence-electron chi connectivity index (χ3n) is 5.97. The Bertz CT molecular complexity index is 587. The van der Waals surface area contributed by atoms with E-state index < -0.39 is 0 Å². The molecule has 4 heteroatoms. The maximum absolute atomic E-state index is 13.1. The molecule has 0 radical (unpaired) electrons. The molecule has 4 atom stereocenters. The van der Waals surface area contributed by atoms with Gasteiger partial charge in [-0.3, -0.25) is 4.79 Å². The SMILES string of the molecule is COc1cccc(CC2(C(=O)NCCC(C)N)CC3CCC2C3)c1. The number of ether oxygens (including phenoxy) is 1. The number of carbonyl (C=O) groups excluding carboxylic acids is 1. The van der Waals surface area contributed by atoms with Crippen LogP contribution in [0.4, 0.5) is 0 Å². The van der Waals surface area contributed by atoms with E-state index in [1.165, 1.54) is 24.8 Å². The van der Waals surface area contributed by atoms with Gasteiger partial charge in [-0.2, -0.15) is 0 Å². The van der Waals surface area contributed by atoms with Crippen molar-refractivity contribution >= 4 is 5.91 Å². The minimum atomic E-state index is -0.243. The highest BCUT2D eigenvalue weighted by molar-refractivity contribution is 5.84. The summed E-state index contributed by atoms with van der Waals surface area (Å²) in [7, 11) is 1.69. The van der Waals surface area contributed by atoms with E-state index >= 15 is 0 Å². The van der Waals surface area contributed by atoms with Gasteiger partial charge in [-0.05, 0) is 68.6 Å². The number of nitrogens with two attached hydrogens (primary N) is 1. The van der Waals surface area contributed by atoms with Crippen molar-refractivity contribution in [2.24, 2.45) is 23.0 Å². The Hall–Kier alpha value is -1.55. The maximum Gasteiger partial charge on any atom is 0.226 e. The molecular weight excluding hydrogens is 300 g/mol. The molecule has 3 rings (SSSR count). The Morgan fingerprint density at radius 1 is 1.46 bits per heavy atom. The zero-order chi connectivity index (χ0) is 17.2. The number of amides is 1. The summed E-state index contributed by atoms with van der Waals surface area (Å²) in [5.74, 6) is 2.34. The van der Waals surface area contributed by atoms with E-state index in [1.54, 1.807) is 7.11 Å². The molecule has 24 heavy (non-hydrogen) atoms. The van der Waals surface area contributed by atoms with Crippen LogP contribution < -0.4 is 15.8 Å². The van der Waals surface area contributed by atoms with Crippen molar-refractivity contribution in [3.05, 3.63) is 29.8 Å². The van der Waals surface area contributed by atoms with E-state index in [0.717, 1.165) is 30.9 Å². The Balaban J connectivity index is 1.77. The molecule has 2 aliphatic rings. The zero-order valence-electron chi connectivity index (χ0n) is 14.9. The number of carbonyl (C=O) groups is 1. The third-order valence-corrected chi connectivity index (χ3v) is 5.97. The first kappa shape index (κ1) is 17.3. The maximum atomic E-state index is 13.1. The molecule has 0 aliphatic heterocycles. The van der Waals surface area contributed by atoms with Crippen LogP contribution in [0.3, 0.4) is 0 Å². The molecule has 3 N–H and O–H groups in total. The summed E-state index contributed by atoms with van der Waals surface area (Å²) < 4.78 is 5.35. The predicted molar refractivity (Wildman–Crippen MR) is 95.9 cm³/mol. The van der Waals surface area contributed by atoms with Gasteiger partial charge in [0.25, 0.3) is 0 Å². The van der Waals surface area contributed by atoms with Crippen LogP contribution >= 0.6 is 0 Å². The molecule has 0 saturated heterocycles. The summed E-state index contributed by atoms with van der Waals surface area (Å²) in [5.41, 5.74) is 6.77. The molecule has 1 aromatic carbocycles. The Labute approximate surface area is 145 Å². The van der Waals surface area contributed by atoms with Crippen molar-refractivity contribution in [2.75, 3.05) is 13.7 Å². The number of rotatable bonds is 7. The first-order chi connectivity index (χ1) is 11.5. The second-order valence-corrected chi connectivity index (χ2v) is 7.79. The average molecular weight is 330 g/mol. The zero-order valence-corrected chi connectivity index (χ0v) is 14.9. The van der Waals surface area contributed by atoms with E-state index in [4.69, 9.17) is 10.5 Å². The lowest BCUT2D eigenvalue weighted by Gasteiger charge is -2.36. The minimum Gasteiger partial charge on any atom is -0.497 e. The van der Waals surface area contributed by atoms with Crippen molar-refractivity contribution in [1.82, 2.24) is 5.32 Å². The van der Waals surface area contributed by atoms with E-state index in [1.807, 2.05) is 19.1 Å². The predicted octanol–water partition coefficient (Wildman–Crippen LogP) is 2.90. The molecule has 0 aromatic heterocycles. The monoisotopic (exact) mass is 330 g/mol. The van der Waals surface area contributed by atoms with Crippen LogP contribution in [0.1, 0.15) is 44.6 Å². The normalized spacial score (nSPS) is 29.5. The van der Waals surface area contributed by atoms with Crippen LogP contribution in [0, 0.1) is 17.3 Å². The summed E-state index contributed by atoms with van der Waals surface area (Å²) in [4.78, 5) is 13.1. The van der Waals surface area contributed by atoms with Crippen LogP contribution in [0.5, 0.6) is 5.75 Å².